The van der Waals surface area contributed by atoms with Gasteiger partial charge in [-0.25, -0.2) is 15.8 Å². The van der Waals surface area contributed by atoms with Crippen molar-refractivity contribution in [1.82, 2.24) is 19.8 Å². The first-order valence-electron chi connectivity index (χ1n) is 6.83. The van der Waals surface area contributed by atoms with Gasteiger partial charge in [-0.15, -0.1) is 0 Å². The Morgan fingerprint density at radius 1 is 1.45 bits per heavy atom. The van der Waals surface area contributed by atoms with Crippen LogP contribution >= 0.6 is 0 Å². The molecule has 3 N–H and O–H groups in total. The van der Waals surface area contributed by atoms with Crippen molar-refractivity contribution in [3.8, 4) is 0 Å². The summed E-state index contributed by atoms with van der Waals surface area (Å²) in [4.78, 5) is 25.0. The molecule has 1 aromatic heterocycles. The van der Waals surface area contributed by atoms with Crippen LogP contribution in [0.3, 0.4) is 0 Å². The maximum Gasteiger partial charge on any atom is 0.272 e. The summed E-state index contributed by atoms with van der Waals surface area (Å²) in [5.74, 6) is 5.54. The van der Waals surface area contributed by atoms with E-state index in [4.69, 9.17) is 5.84 Å². The SMILES string of the molecule is Cc1cc(C(=O)N2CCCN(C)CC2C)nc(NN)n1. The summed E-state index contributed by atoms with van der Waals surface area (Å²) >= 11 is 0. The third-order valence-corrected chi connectivity index (χ3v) is 3.51. The number of nitrogens with zero attached hydrogens (tertiary/aromatic N) is 4. The molecule has 20 heavy (non-hydrogen) atoms. The summed E-state index contributed by atoms with van der Waals surface area (Å²) in [5.41, 5.74) is 3.50. The predicted molar refractivity (Wildman–Crippen MR) is 77.2 cm³/mol. The molecule has 1 aromatic rings. The maximum absolute atomic E-state index is 12.6. The second kappa shape index (κ2) is 6.15. The van der Waals surface area contributed by atoms with E-state index in [1.807, 2.05) is 11.8 Å². The van der Waals surface area contributed by atoms with Crippen molar-refractivity contribution in [2.45, 2.75) is 26.3 Å². The number of hydrazine groups is 1. The van der Waals surface area contributed by atoms with Gasteiger partial charge in [-0.1, -0.05) is 0 Å². The smallest absolute Gasteiger partial charge is 0.272 e. The highest BCUT2D eigenvalue weighted by atomic mass is 16.2. The fraction of sp³-hybridized carbons (Fsp3) is 0.615. The van der Waals surface area contributed by atoms with E-state index < -0.39 is 0 Å². The fourth-order valence-corrected chi connectivity index (χ4v) is 2.56. The number of nitrogens with one attached hydrogen (secondary N) is 1. The molecule has 2 heterocycles. The molecule has 110 valence electrons. The first-order valence-corrected chi connectivity index (χ1v) is 6.83. The Bertz CT molecular complexity index is 492. The molecule has 0 radical (unpaired) electrons. The summed E-state index contributed by atoms with van der Waals surface area (Å²) < 4.78 is 0. The van der Waals surface area contributed by atoms with Crippen LogP contribution in [0.2, 0.25) is 0 Å². The van der Waals surface area contributed by atoms with Gasteiger partial charge in [0.25, 0.3) is 5.91 Å². The molecule has 7 heteroatoms. The van der Waals surface area contributed by atoms with E-state index in [-0.39, 0.29) is 17.9 Å². The Balaban J connectivity index is 2.23. The average Bonchev–Trinajstić information content (AvgIpc) is 2.57. The molecule has 1 aliphatic heterocycles. The fourth-order valence-electron chi connectivity index (χ4n) is 2.56. The number of aromatic nitrogens is 2. The molecule has 1 atom stereocenters. The Morgan fingerprint density at radius 2 is 2.20 bits per heavy atom. The van der Waals surface area contributed by atoms with Gasteiger partial charge in [0, 0.05) is 24.8 Å². The minimum Gasteiger partial charge on any atom is -0.333 e. The lowest BCUT2D eigenvalue weighted by atomic mass is 10.2. The van der Waals surface area contributed by atoms with E-state index >= 15 is 0 Å². The van der Waals surface area contributed by atoms with Crippen molar-refractivity contribution in [2.75, 3.05) is 32.1 Å². The summed E-state index contributed by atoms with van der Waals surface area (Å²) in [6, 6.07) is 1.87. The van der Waals surface area contributed by atoms with E-state index in [0.29, 0.717) is 5.69 Å². The van der Waals surface area contributed by atoms with Crippen LogP contribution in [0.15, 0.2) is 6.07 Å². The van der Waals surface area contributed by atoms with Gasteiger partial charge in [-0.2, -0.15) is 0 Å². The predicted octanol–water partition coefficient (Wildman–Crippen LogP) is 0.237. The largest absolute Gasteiger partial charge is 0.333 e. The zero-order valence-corrected chi connectivity index (χ0v) is 12.3. The zero-order valence-electron chi connectivity index (χ0n) is 12.3. The van der Waals surface area contributed by atoms with Crippen LogP contribution in [0.25, 0.3) is 0 Å². The van der Waals surface area contributed by atoms with Crippen LogP contribution in [0.5, 0.6) is 0 Å². The second-order valence-corrected chi connectivity index (χ2v) is 5.33. The lowest BCUT2D eigenvalue weighted by molar-refractivity contribution is 0.0690. The van der Waals surface area contributed by atoms with Gasteiger partial charge >= 0.3 is 0 Å². The van der Waals surface area contributed by atoms with Gasteiger partial charge < -0.3 is 9.80 Å². The molecule has 0 aliphatic carbocycles. The van der Waals surface area contributed by atoms with Crippen LogP contribution in [0.4, 0.5) is 5.95 Å². The Kier molecular flexibility index (Phi) is 4.51. The quantitative estimate of drug-likeness (QED) is 0.595. The molecule has 0 aromatic carbocycles. The minimum absolute atomic E-state index is 0.0604. The molecule has 1 aliphatic rings. The van der Waals surface area contributed by atoms with Crippen LogP contribution in [-0.4, -0.2) is 58.4 Å². The number of carbonyl (C=O) groups excluding carboxylic acids is 1. The first kappa shape index (κ1) is 14.7. The van der Waals surface area contributed by atoms with Crippen molar-refractivity contribution in [1.29, 1.82) is 0 Å². The van der Waals surface area contributed by atoms with Gasteiger partial charge in [0.1, 0.15) is 5.69 Å². The van der Waals surface area contributed by atoms with E-state index in [1.54, 1.807) is 6.07 Å². The minimum atomic E-state index is -0.0604. The third-order valence-electron chi connectivity index (χ3n) is 3.51. The summed E-state index contributed by atoms with van der Waals surface area (Å²) in [7, 11) is 2.08. The standard InChI is InChI=1S/C13H22N6O/c1-9-7-11(16-13(15-9)17-14)12(20)19-6-4-5-18(3)8-10(19)2/h7,10H,4-6,8,14H2,1-3H3,(H,15,16,17). The Labute approximate surface area is 119 Å². The maximum atomic E-state index is 12.6. The number of aryl methyl sites for hydroxylation is 1. The molecular formula is C13H22N6O. The Morgan fingerprint density at radius 3 is 2.90 bits per heavy atom. The van der Waals surface area contributed by atoms with Crippen LogP contribution < -0.4 is 11.3 Å². The molecular weight excluding hydrogens is 256 g/mol. The second-order valence-electron chi connectivity index (χ2n) is 5.33. The highest BCUT2D eigenvalue weighted by Gasteiger charge is 2.26. The normalized spacial score (nSPS) is 20.6. The van der Waals surface area contributed by atoms with E-state index in [0.717, 1.165) is 31.7 Å². The lowest BCUT2D eigenvalue weighted by Gasteiger charge is -2.27. The number of anilines is 1. The molecule has 1 fully saturated rings. The number of nitrogens with two attached hydrogens (primary N) is 1. The van der Waals surface area contributed by atoms with E-state index in [1.165, 1.54) is 0 Å². The van der Waals surface area contributed by atoms with Crippen LogP contribution in [0, 0.1) is 6.92 Å². The molecule has 1 amide bonds. The average molecular weight is 278 g/mol. The van der Waals surface area contributed by atoms with Gasteiger partial charge in [0.2, 0.25) is 5.95 Å². The summed E-state index contributed by atoms with van der Waals surface area (Å²) in [5, 5.41) is 0. The molecule has 0 bridgehead atoms. The lowest BCUT2D eigenvalue weighted by Crippen LogP contribution is -2.42. The first-order chi connectivity index (χ1) is 9.51. The highest BCUT2D eigenvalue weighted by Crippen LogP contribution is 2.14. The van der Waals surface area contributed by atoms with Crippen molar-refractivity contribution >= 4 is 11.9 Å². The Hall–Kier alpha value is -1.73. The number of likely N-dealkylation sites (N-methyl/N-ethyl adjacent to an activating group) is 1. The zero-order chi connectivity index (χ0) is 14.7. The molecule has 7 nitrogen and oxygen atoms in total. The monoisotopic (exact) mass is 278 g/mol. The highest BCUT2D eigenvalue weighted by molar-refractivity contribution is 5.93. The van der Waals surface area contributed by atoms with Crippen molar-refractivity contribution in [3.05, 3.63) is 17.5 Å². The molecule has 0 saturated carbocycles. The van der Waals surface area contributed by atoms with Gasteiger partial charge in [0.05, 0.1) is 0 Å². The number of carbonyl (C=O) groups is 1. The van der Waals surface area contributed by atoms with E-state index in [9.17, 15) is 4.79 Å². The van der Waals surface area contributed by atoms with Crippen LogP contribution in [0.1, 0.15) is 29.5 Å². The van der Waals surface area contributed by atoms with Crippen molar-refractivity contribution in [2.24, 2.45) is 5.84 Å². The van der Waals surface area contributed by atoms with Crippen molar-refractivity contribution < 1.29 is 4.79 Å². The van der Waals surface area contributed by atoms with E-state index in [2.05, 4.69) is 34.3 Å². The number of nitrogen functional groups attached to an aromatic ring is 1. The number of hydrogen-bond acceptors (Lipinski definition) is 6. The van der Waals surface area contributed by atoms with Gasteiger partial charge in [0.15, 0.2) is 0 Å². The molecule has 0 spiro atoms. The molecule has 1 unspecified atom stereocenters. The topological polar surface area (TPSA) is 87.4 Å². The van der Waals surface area contributed by atoms with Crippen molar-refractivity contribution in [3.63, 3.8) is 0 Å². The van der Waals surface area contributed by atoms with Gasteiger partial charge in [-0.3, -0.25) is 10.2 Å². The molecule has 1 saturated heterocycles. The summed E-state index contributed by atoms with van der Waals surface area (Å²) in [6.07, 6.45) is 0.971. The molecule has 2 rings (SSSR count). The number of hydrogen-bond donors (Lipinski definition) is 2. The summed E-state index contributed by atoms with van der Waals surface area (Å²) in [6.45, 7) is 6.51. The third kappa shape index (κ3) is 3.23. The number of rotatable bonds is 2. The van der Waals surface area contributed by atoms with Gasteiger partial charge in [-0.05, 0) is 39.9 Å². The number of amides is 1. The van der Waals surface area contributed by atoms with Crippen LogP contribution in [-0.2, 0) is 0 Å².